The average molecular weight is 407 g/mol. The molecule has 1 heterocycles. The van der Waals surface area contributed by atoms with E-state index in [1.165, 1.54) is 11.8 Å². The minimum absolute atomic E-state index is 0.232. The quantitative estimate of drug-likeness (QED) is 0.264. The highest BCUT2D eigenvalue weighted by atomic mass is 32.2. The molecule has 7 heteroatoms. The number of carbonyl (C=O) groups excluding carboxylic acids is 2. The minimum Gasteiger partial charge on any atom is -0.446 e. The number of nitrogens with one attached hydrogen (secondary N) is 1. The number of nitrogens with zero attached hydrogens (tertiary/aromatic N) is 2. The van der Waals surface area contributed by atoms with E-state index in [1.807, 2.05) is 26.0 Å². The molecule has 2 aromatic carbocycles. The van der Waals surface area contributed by atoms with E-state index >= 15 is 0 Å². The molecule has 0 aliphatic rings. The third-order valence-electron chi connectivity index (χ3n) is 3.92. The molecule has 0 unspecified atom stereocenters. The highest BCUT2D eigenvalue weighted by molar-refractivity contribution is 7.99. The van der Waals surface area contributed by atoms with Crippen molar-refractivity contribution in [3.8, 4) is 5.88 Å². The molecule has 148 valence electrons. The number of carbonyl (C=O) groups is 2. The van der Waals surface area contributed by atoms with Crippen LogP contribution in [0.2, 0.25) is 0 Å². The van der Waals surface area contributed by atoms with E-state index in [2.05, 4.69) is 15.3 Å². The number of thioether (sulfide) groups is 1. The predicted octanol–water partition coefficient (Wildman–Crippen LogP) is 3.91. The molecule has 0 aliphatic carbocycles. The average Bonchev–Trinajstić information content (AvgIpc) is 2.74. The van der Waals surface area contributed by atoms with Crippen LogP contribution < -0.4 is 10.1 Å². The van der Waals surface area contributed by atoms with Gasteiger partial charge in [-0.05, 0) is 24.8 Å². The molecule has 6 nitrogen and oxygen atoms in total. The summed E-state index contributed by atoms with van der Waals surface area (Å²) in [6, 6.07) is 19.0. The van der Waals surface area contributed by atoms with E-state index in [4.69, 9.17) is 4.74 Å². The summed E-state index contributed by atoms with van der Waals surface area (Å²) in [5.41, 5.74) is 1.58. The van der Waals surface area contributed by atoms with Crippen LogP contribution in [0.5, 0.6) is 5.88 Å². The van der Waals surface area contributed by atoms with Gasteiger partial charge in [0.15, 0.2) is 5.16 Å². The molecule has 0 saturated heterocycles. The van der Waals surface area contributed by atoms with Crippen molar-refractivity contribution in [2.24, 2.45) is 0 Å². The van der Waals surface area contributed by atoms with E-state index in [-0.39, 0.29) is 11.7 Å². The van der Waals surface area contributed by atoms with Crippen molar-refractivity contribution in [1.29, 1.82) is 0 Å². The van der Waals surface area contributed by atoms with Crippen molar-refractivity contribution >= 4 is 23.5 Å². The Morgan fingerprint density at radius 2 is 1.62 bits per heavy atom. The number of rotatable bonds is 8. The Kier molecular flexibility index (Phi) is 6.97. The third-order valence-corrected chi connectivity index (χ3v) is 4.65. The van der Waals surface area contributed by atoms with Crippen LogP contribution in [0.3, 0.4) is 0 Å². The zero-order valence-corrected chi connectivity index (χ0v) is 17.0. The lowest BCUT2D eigenvalue weighted by molar-refractivity contribution is 0.0648. The Balaban J connectivity index is 1.88. The van der Waals surface area contributed by atoms with Crippen LogP contribution in [0.1, 0.15) is 33.3 Å². The second-order valence-electron chi connectivity index (χ2n) is 6.13. The highest BCUT2D eigenvalue weighted by Crippen LogP contribution is 2.19. The van der Waals surface area contributed by atoms with Crippen molar-refractivity contribution in [1.82, 2.24) is 15.3 Å². The van der Waals surface area contributed by atoms with Crippen molar-refractivity contribution < 1.29 is 14.3 Å². The summed E-state index contributed by atoms with van der Waals surface area (Å²) in [5.74, 6) is 0.265. The smallest absolute Gasteiger partial charge is 0.254 e. The summed E-state index contributed by atoms with van der Waals surface area (Å²) in [7, 11) is 0. The molecule has 0 radical (unpaired) electrons. The lowest BCUT2D eigenvalue weighted by Crippen LogP contribution is -2.45. The summed E-state index contributed by atoms with van der Waals surface area (Å²) in [5, 5.41) is 3.23. The second-order valence-corrected chi connectivity index (χ2v) is 7.36. The fraction of sp³-hybridized carbons (Fsp3) is 0.182. The highest BCUT2D eigenvalue weighted by Gasteiger charge is 2.25. The number of aryl methyl sites for hydroxylation is 1. The molecular weight excluding hydrogens is 386 g/mol. The molecule has 29 heavy (non-hydrogen) atoms. The van der Waals surface area contributed by atoms with Gasteiger partial charge in [0, 0.05) is 22.9 Å². The van der Waals surface area contributed by atoms with Gasteiger partial charge < -0.3 is 10.1 Å². The molecule has 0 saturated carbocycles. The molecule has 1 N–H and O–H groups in total. The topological polar surface area (TPSA) is 81.2 Å². The predicted molar refractivity (Wildman–Crippen MR) is 112 cm³/mol. The maximum Gasteiger partial charge on any atom is 0.254 e. The number of ketones is 1. The van der Waals surface area contributed by atoms with Crippen LogP contribution in [-0.4, -0.2) is 33.6 Å². The van der Waals surface area contributed by atoms with E-state index in [1.54, 1.807) is 54.6 Å². The second kappa shape index (κ2) is 9.84. The van der Waals surface area contributed by atoms with Gasteiger partial charge in [-0.3, -0.25) is 9.59 Å². The lowest BCUT2D eigenvalue weighted by atomic mass is 10.1. The fourth-order valence-corrected chi connectivity index (χ4v) is 3.20. The monoisotopic (exact) mass is 407 g/mol. The Hall–Kier alpha value is -3.19. The molecule has 1 amide bonds. The summed E-state index contributed by atoms with van der Waals surface area (Å²) in [6.45, 7) is 3.82. The van der Waals surface area contributed by atoms with E-state index in [9.17, 15) is 9.59 Å². The van der Waals surface area contributed by atoms with Crippen molar-refractivity contribution in [2.75, 3.05) is 5.75 Å². The summed E-state index contributed by atoms with van der Waals surface area (Å²) in [6.07, 6.45) is -1.22. The van der Waals surface area contributed by atoms with Crippen LogP contribution in [0.25, 0.3) is 0 Å². The summed E-state index contributed by atoms with van der Waals surface area (Å²) in [4.78, 5) is 34.3. The number of amides is 1. The first-order valence-electron chi connectivity index (χ1n) is 9.17. The van der Waals surface area contributed by atoms with Crippen LogP contribution in [0.15, 0.2) is 71.9 Å². The van der Waals surface area contributed by atoms with E-state index < -0.39 is 12.1 Å². The van der Waals surface area contributed by atoms with Gasteiger partial charge in [0.25, 0.3) is 5.91 Å². The first-order valence-corrected chi connectivity index (χ1v) is 10.2. The van der Waals surface area contributed by atoms with E-state index in [0.29, 0.717) is 22.0 Å². The van der Waals surface area contributed by atoms with Gasteiger partial charge in [-0.15, -0.1) is 0 Å². The van der Waals surface area contributed by atoms with Gasteiger partial charge in [0.1, 0.15) is 0 Å². The zero-order valence-electron chi connectivity index (χ0n) is 16.2. The van der Waals surface area contributed by atoms with Gasteiger partial charge in [-0.25, -0.2) is 4.98 Å². The van der Waals surface area contributed by atoms with Crippen molar-refractivity contribution in [3.05, 3.63) is 83.6 Å². The van der Waals surface area contributed by atoms with Crippen LogP contribution in [-0.2, 0) is 0 Å². The van der Waals surface area contributed by atoms with Gasteiger partial charge in [0.2, 0.25) is 17.9 Å². The Morgan fingerprint density at radius 3 is 2.24 bits per heavy atom. The number of ether oxygens (including phenoxy) is 1. The maximum atomic E-state index is 13.0. The summed E-state index contributed by atoms with van der Waals surface area (Å²) < 4.78 is 5.84. The van der Waals surface area contributed by atoms with Gasteiger partial charge >= 0.3 is 0 Å². The van der Waals surface area contributed by atoms with Gasteiger partial charge in [-0.1, -0.05) is 67.2 Å². The molecule has 0 bridgehead atoms. The normalized spacial score (nSPS) is 11.5. The number of hydrogen-bond donors (Lipinski definition) is 1. The Morgan fingerprint density at radius 1 is 1.00 bits per heavy atom. The molecule has 0 fully saturated rings. The lowest BCUT2D eigenvalue weighted by Gasteiger charge is -2.19. The van der Waals surface area contributed by atoms with Crippen LogP contribution in [0.4, 0.5) is 0 Å². The number of hydrogen-bond acceptors (Lipinski definition) is 6. The van der Waals surface area contributed by atoms with E-state index in [0.717, 1.165) is 5.75 Å². The summed E-state index contributed by atoms with van der Waals surface area (Å²) >= 11 is 1.47. The fourth-order valence-electron chi connectivity index (χ4n) is 2.58. The van der Waals surface area contributed by atoms with Crippen LogP contribution >= 0.6 is 11.8 Å². The molecular formula is C22H21N3O3S. The number of aromatic nitrogens is 2. The SMILES string of the molecule is CCSc1nc(C)cc(O[C@@H](NC(=O)c2ccccc2)C(=O)c2ccccc2)n1. The first kappa shape index (κ1) is 20.5. The standard InChI is InChI=1S/C22H21N3O3S/c1-3-29-22-23-15(2)14-18(24-22)28-21(19(26)16-10-6-4-7-11-16)25-20(27)17-12-8-5-9-13-17/h4-14,21H,3H2,1-2H3,(H,25,27)/t21-/m1/s1. The third kappa shape index (κ3) is 5.65. The zero-order chi connectivity index (χ0) is 20.6. The van der Waals surface area contributed by atoms with Crippen molar-refractivity contribution in [2.45, 2.75) is 25.2 Å². The molecule has 1 atom stereocenters. The van der Waals surface area contributed by atoms with Crippen molar-refractivity contribution in [3.63, 3.8) is 0 Å². The molecule has 0 spiro atoms. The molecule has 0 aliphatic heterocycles. The first-order chi connectivity index (χ1) is 14.1. The number of Topliss-reactive ketones (excluding diaryl/α,β-unsaturated/α-hetero) is 1. The number of benzene rings is 2. The molecule has 3 aromatic rings. The van der Waals surface area contributed by atoms with Gasteiger partial charge in [0.05, 0.1) is 0 Å². The Labute approximate surface area is 173 Å². The molecule has 1 aromatic heterocycles. The Bertz CT molecular complexity index is 981. The minimum atomic E-state index is -1.22. The van der Waals surface area contributed by atoms with Gasteiger partial charge in [-0.2, -0.15) is 4.98 Å². The molecule has 3 rings (SSSR count). The largest absolute Gasteiger partial charge is 0.446 e. The van der Waals surface area contributed by atoms with Crippen LogP contribution in [0, 0.1) is 6.92 Å². The maximum absolute atomic E-state index is 13.0.